The molecule has 1 aliphatic heterocycles. The predicted molar refractivity (Wildman–Crippen MR) is 119 cm³/mol. The first-order valence-corrected chi connectivity index (χ1v) is 12.4. The van der Waals surface area contributed by atoms with Gasteiger partial charge in [-0.1, -0.05) is 0 Å². The van der Waals surface area contributed by atoms with Crippen LogP contribution in [-0.4, -0.2) is 78.2 Å². The number of piperidine rings is 1. The number of hydroxylamine groups is 2. The molecule has 9 nitrogen and oxygen atoms in total. The van der Waals surface area contributed by atoms with Crippen molar-refractivity contribution in [3.05, 3.63) is 48.1 Å². The van der Waals surface area contributed by atoms with Crippen LogP contribution in [0.25, 0.3) is 0 Å². The summed E-state index contributed by atoms with van der Waals surface area (Å²) >= 11 is 0. The zero-order valence-corrected chi connectivity index (χ0v) is 19.2. The quantitative estimate of drug-likeness (QED) is 0.214. The van der Waals surface area contributed by atoms with Gasteiger partial charge in [0.05, 0.1) is 11.8 Å². The number of hydrogen-bond donors (Lipinski definition) is 1. The fraction of sp³-hybridized carbons (Fsp3) is 0.476. The Balaban J connectivity index is 1.55. The fourth-order valence-corrected chi connectivity index (χ4v) is 5.56. The lowest BCUT2D eigenvalue weighted by atomic mass is 9.94. The Bertz CT molecular complexity index is 1050. The first-order valence-electron chi connectivity index (χ1n) is 10.8. The highest BCUT2D eigenvalue weighted by Crippen LogP contribution is 2.23. The van der Waals surface area contributed by atoms with E-state index in [-0.39, 0.29) is 50.0 Å². The van der Waals surface area contributed by atoms with E-state index in [9.17, 15) is 27.2 Å². The maximum atomic E-state index is 14.0. The number of amides is 1. The molecule has 1 amide bonds. The highest BCUT2D eigenvalue weighted by Gasteiger charge is 2.33. The predicted octanol–water partition coefficient (Wildman–Crippen LogP) is 0.961. The van der Waals surface area contributed by atoms with Crippen molar-refractivity contribution in [1.29, 1.82) is 0 Å². The van der Waals surface area contributed by atoms with Gasteiger partial charge in [-0.05, 0) is 43.3 Å². The Morgan fingerprint density at radius 3 is 2.56 bits per heavy atom. The molecule has 1 fully saturated rings. The summed E-state index contributed by atoms with van der Waals surface area (Å²) in [5.74, 6) is -1.87. The molecule has 3 rings (SSSR count). The molecule has 34 heavy (non-hydrogen) atoms. The van der Waals surface area contributed by atoms with Crippen molar-refractivity contribution in [3.8, 4) is 5.75 Å². The lowest BCUT2D eigenvalue weighted by molar-refractivity contribution is -0.158. The normalized spacial score (nSPS) is 16.2. The van der Waals surface area contributed by atoms with Crippen molar-refractivity contribution in [3.63, 3.8) is 0 Å². The molecule has 1 N–H and O–H groups in total. The lowest BCUT2D eigenvalue weighted by Crippen LogP contribution is -2.47. The maximum Gasteiger partial charge on any atom is 0.233 e. The summed E-state index contributed by atoms with van der Waals surface area (Å²) in [6.45, 7) is 0.208. The molecule has 1 aliphatic rings. The Labute approximate surface area is 198 Å². The van der Waals surface area contributed by atoms with Crippen LogP contribution >= 0.6 is 0 Å². The monoisotopic (exact) mass is 494 g/mol. The third-order valence-electron chi connectivity index (χ3n) is 5.56. The number of carbonyl (C=O) groups excluding carboxylic acids is 1. The molecule has 1 aromatic carbocycles. The highest BCUT2D eigenvalue weighted by atomic mass is 32.2. The number of benzene rings is 1. The summed E-state index contributed by atoms with van der Waals surface area (Å²) < 4.78 is 59.9. The summed E-state index contributed by atoms with van der Waals surface area (Å²) in [7, 11) is 1.82. The minimum Gasteiger partial charge on any atom is -0.488 e. The first kappa shape index (κ1) is 26.0. The van der Waals surface area contributed by atoms with Crippen LogP contribution in [0, 0.1) is 11.6 Å². The molecule has 2 radical (unpaired) electrons. The van der Waals surface area contributed by atoms with Crippen LogP contribution in [0.5, 0.6) is 5.75 Å². The second-order valence-electron chi connectivity index (χ2n) is 8.00. The molecule has 1 unspecified atom stereocenters. The van der Waals surface area contributed by atoms with E-state index in [1.54, 1.807) is 18.5 Å². The Kier molecular flexibility index (Phi) is 8.92. The van der Waals surface area contributed by atoms with Crippen LogP contribution in [-0.2, 0) is 21.2 Å². The van der Waals surface area contributed by atoms with E-state index in [1.807, 2.05) is 0 Å². The maximum absolute atomic E-state index is 14.0. The van der Waals surface area contributed by atoms with Gasteiger partial charge < -0.3 is 4.74 Å². The molecule has 0 bridgehead atoms. The zero-order chi connectivity index (χ0) is 24.7. The van der Waals surface area contributed by atoms with Crippen LogP contribution in [0.15, 0.2) is 30.6 Å². The molecule has 1 saturated heterocycles. The van der Waals surface area contributed by atoms with Crippen LogP contribution in [0.3, 0.4) is 0 Å². The van der Waals surface area contributed by atoms with Crippen molar-refractivity contribution in [2.75, 3.05) is 18.8 Å². The molecule has 2 heterocycles. The van der Waals surface area contributed by atoms with Gasteiger partial charge in [-0.25, -0.2) is 36.5 Å². The van der Waals surface area contributed by atoms with Gasteiger partial charge in [0, 0.05) is 38.0 Å². The smallest absolute Gasteiger partial charge is 0.233 e. The number of aromatic nitrogens is 2. The van der Waals surface area contributed by atoms with E-state index >= 15 is 0 Å². The van der Waals surface area contributed by atoms with Crippen LogP contribution < -0.4 is 10.2 Å². The molecular weight excluding hydrogens is 469 g/mol. The van der Waals surface area contributed by atoms with Gasteiger partial charge in [0.25, 0.3) is 0 Å². The van der Waals surface area contributed by atoms with Crippen LogP contribution in [0.4, 0.5) is 8.78 Å². The first-order chi connectivity index (χ1) is 16.2. The number of hydrogen-bond acceptors (Lipinski definition) is 7. The Morgan fingerprint density at radius 2 is 1.94 bits per heavy atom. The summed E-state index contributed by atoms with van der Waals surface area (Å²) in [5, 5.41) is 10.3. The number of aryl methyl sites for hydroxylation is 1. The molecule has 0 aliphatic carbocycles. The van der Waals surface area contributed by atoms with E-state index in [1.165, 1.54) is 4.31 Å². The number of nitrogens with zero attached hydrogens (tertiary/aromatic N) is 4. The fourth-order valence-electron chi connectivity index (χ4n) is 3.78. The van der Waals surface area contributed by atoms with Crippen molar-refractivity contribution in [1.82, 2.24) is 19.3 Å². The number of halogens is 2. The van der Waals surface area contributed by atoms with Gasteiger partial charge in [-0.15, -0.1) is 0 Å². The second-order valence-corrected chi connectivity index (χ2v) is 10.0. The molecule has 0 saturated carbocycles. The van der Waals surface area contributed by atoms with Gasteiger partial charge in [0.15, 0.2) is 5.82 Å². The van der Waals surface area contributed by atoms with Crippen molar-refractivity contribution >= 4 is 29.7 Å². The number of rotatable bonds is 11. The van der Waals surface area contributed by atoms with E-state index in [2.05, 4.69) is 9.97 Å². The van der Waals surface area contributed by atoms with E-state index in [4.69, 9.17) is 12.6 Å². The largest absolute Gasteiger partial charge is 0.488 e. The number of ether oxygens (including phenoxy) is 1. The van der Waals surface area contributed by atoms with Crippen molar-refractivity contribution in [2.45, 2.75) is 44.2 Å². The van der Waals surface area contributed by atoms with E-state index in [0.29, 0.717) is 29.8 Å². The third kappa shape index (κ3) is 6.94. The molecule has 0 spiro atoms. The molecule has 2 aromatic rings. The number of carbonyl (C=O) groups is 1. The molecule has 13 heteroatoms. The molecule has 182 valence electrons. The van der Waals surface area contributed by atoms with Gasteiger partial charge in [0.1, 0.15) is 31.3 Å². The highest BCUT2D eigenvalue weighted by molar-refractivity contribution is 7.89. The zero-order valence-electron chi connectivity index (χ0n) is 18.4. The van der Waals surface area contributed by atoms with Gasteiger partial charge in [0.2, 0.25) is 16.4 Å². The summed E-state index contributed by atoms with van der Waals surface area (Å²) in [5.41, 5.74) is -0.173. The van der Waals surface area contributed by atoms with E-state index in [0.717, 1.165) is 6.07 Å². The summed E-state index contributed by atoms with van der Waals surface area (Å²) in [6, 6.07) is 2.37. The third-order valence-corrected chi connectivity index (χ3v) is 7.52. The molecule has 1 atom stereocenters. The van der Waals surface area contributed by atoms with Crippen LogP contribution in [0.1, 0.15) is 31.5 Å². The van der Waals surface area contributed by atoms with Gasteiger partial charge in [-0.2, -0.15) is 0 Å². The SMILES string of the molecule is [B]c1cc(F)cc(F)c1OC1CCN(S(=O)(=O)CC(CCCc2ncccn2)N(O)C=O)CC1. The summed E-state index contributed by atoms with van der Waals surface area (Å²) in [4.78, 5) is 19.3. The average molecular weight is 494 g/mol. The Hall–Kier alpha value is -2.64. The van der Waals surface area contributed by atoms with Gasteiger partial charge >= 0.3 is 0 Å². The topological polar surface area (TPSA) is 113 Å². The number of sulfonamides is 1. The van der Waals surface area contributed by atoms with Crippen LogP contribution in [0.2, 0.25) is 0 Å². The van der Waals surface area contributed by atoms with Crippen molar-refractivity contribution in [2.24, 2.45) is 0 Å². The standard InChI is InChI=1S/C21H25BF2N4O5S/c22-18-11-15(23)12-19(24)21(18)33-17-5-9-27(10-6-17)34(31,32)13-16(28(30)14-29)3-1-4-20-25-7-2-8-26-20/h2,7-8,11-12,14,16-17,30H,1,3-6,9-10,13H2. The van der Waals surface area contributed by atoms with Gasteiger partial charge in [-0.3, -0.25) is 10.0 Å². The minimum absolute atomic E-state index is 0.104. The van der Waals surface area contributed by atoms with Crippen molar-refractivity contribution < 1.29 is 31.9 Å². The summed E-state index contributed by atoms with van der Waals surface area (Å²) in [6.07, 6.45) is 4.58. The van der Waals surface area contributed by atoms with E-state index < -0.39 is 39.6 Å². The Morgan fingerprint density at radius 1 is 1.26 bits per heavy atom. The molecule has 1 aromatic heterocycles. The second kappa shape index (κ2) is 11.7. The molecular formula is C21H25BF2N4O5S. The lowest BCUT2D eigenvalue weighted by Gasteiger charge is -2.33. The minimum atomic E-state index is -3.81. The average Bonchev–Trinajstić information content (AvgIpc) is 2.81.